The summed E-state index contributed by atoms with van der Waals surface area (Å²) in [6.45, 7) is 4.12. The van der Waals surface area contributed by atoms with Gasteiger partial charge in [0.25, 0.3) is 0 Å². The molecule has 0 heterocycles. The number of hydrogen-bond donors (Lipinski definition) is 1. The van der Waals surface area contributed by atoms with Crippen molar-refractivity contribution < 1.29 is 14.2 Å². The van der Waals surface area contributed by atoms with Crippen LogP contribution in [0.3, 0.4) is 0 Å². The van der Waals surface area contributed by atoms with Crippen LogP contribution in [0.1, 0.15) is 13.8 Å². The number of benzene rings is 1. The van der Waals surface area contributed by atoms with E-state index in [2.05, 4.69) is 19.2 Å². The quantitative estimate of drug-likeness (QED) is 0.836. The van der Waals surface area contributed by atoms with Crippen LogP contribution >= 0.6 is 0 Å². The van der Waals surface area contributed by atoms with E-state index in [1.54, 1.807) is 27.4 Å². The van der Waals surface area contributed by atoms with Crippen molar-refractivity contribution in [1.29, 1.82) is 0 Å². The Kier molecular flexibility index (Phi) is 4.28. The Morgan fingerprint density at radius 3 is 2.12 bits per heavy atom. The molecule has 0 aromatic heterocycles. The molecule has 0 saturated heterocycles. The largest absolute Gasteiger partial charge is 0.497 e. The Bertz CT molecular complexity index is 350. The van der Waals surface area contributed by atoms with Gasteiger partial charge in [0.1, 0.15) is 5.75 Å². The summed E-state index contributed by atoms with van der Waals surface area (Å²) in [5.74, 6) is 2.09. The fourth-order valence-electron chi connectivity index (χ4n) is 1.48. The molecule has 16 heavy (non-hydrogen) atoms. The van der Waals surface area contributed by atoms with Crippen LogP contribution in [0, 0.1) is 0 Å². The predicted octanol–water partition coefficient (Wildman–Crippen LogP) is 2.53. The molecule has 0 radical (unpaired) electrons. The highest BCUT2D eigenvalue weighted by Crippen LogP contribution is 2.39. The van der Waals surface area contributed by atoms with Crippen molar-refractivity contribution in [3.63, 3.8) is 0 Å². The fourth-order valence-corrected chi connectivity index (χ4v) is 1.48. The van der Waals surface area contributed by atoms with Crippen molar-refractivity contribution in [2.24, 2.45) is 0 Å². The number of anilines is 1. The zero-order valence-electron chi connectivity index (χ0n) is 10.5. The van der Waals surface area contributed by atoms with Gasteiger partial charge in [0.2, 0.25) is 0 Å². The van der Waals surface area contributed by atoms with E-state index in [1.165, 1.54) is 0 Å². The zero-order chi connectivity index (χ0) is 12.1. The third-order valence-electron chi connectivity index (χ3n) is 2.13. The van der Waals surface area contributed by atoms with Crippen LogP contribution in [0.2, 0.25) is 0 Å². The van der Waals surface area contributed by atoms with Gasteiger partial charge in [-0.1, -0.05) is 0 Å². The molecule has 0 aliphatic carbocycles. The Balaban J connectivity index is 3.19. The lowest BCUT2D eigenvalue weighted by atomic mass is 10.2. The Hall–Kier alpha value is -1.58. The summed E-state index contributed by atoms with van der Waals surface area (Å²) in [6.07, 6.45) is 0. The first-order chi connectivity index (χ1) is 7.62. The summed E-state index contributed by atoms with van der Waals surface area (Å²) in [4.78, 5) is 0. The third-order valence-corrected chi connectivity index (χ3v) is 2.13. The number of hydrogen-bond acceptors (Lipinski definition) is 4. The Morgan fingerprint density at radius 2 is 1.69 bits per heavy atom. The van der Waals surface area contributed by atoms with Crippen molar-refractivity contribution in [2.45, 2.75) is 19.9 Å². The average Bonchev–Trinajstić information content (AvgIpc) is 2.27. The number of nitrogens with one attached hydrogen (secondary N) is 1. The van der Waals surface area contributed by atoms with E-state index in [9.17, 15) is 0 Å². The maximum absolute atomic E-state index is 5.32. The monoisotopic (exact) mass is 225 g/mol. The molecule has 4 nitrogen and oxygen atoms in total. The maximum Gasteiger partial charge on any atom is 0.184 e. The highest BCUT2D eigenvalue weighted by molar-refractivity contribution is 5.66. The Morgan fingerprint density at radius 1 is 1.00 bits per heavy atom. The minimum Gasteiger partial charge on any atom is -0.497 e. The highest BCUT2D eigenvalue weighted by atomic mass is 16.5. The van der Waals surface area contributed by atoms with Gasteiger partial charge in [-0.3, -0.25) is 0 Å². The average molecular weight is 225 g/mol. The smallest absolute Gasteiger partial charge is 0.184 e. The standard InChI is InChI=1S/C12H19NO3/c1-8(2)13-10-6-9(14-3)7-11(15-4)12(10)16-5/h6-8,13H,1-5H3. The van der Waals surface area contributed by atoms with Gasteiger partial charge in [-0.2, -0.15) is 0 Å². The topological polar surface area (TPSA) is 39.7 Å². The van der Waals surface area contributed by atoms with E-state index >= 15 is 0 Å². The summed E-state index contributed by atoms with van der Waals surface area (Å²) in [6, 6.07) is 4.00. The minimum absolute atomic E-state index is 0.311. The van der Waals surface area contributed by atoms with Gasteiger partial charge in [-0.15, -0.1) is 0 Å². The lowest BCUT2D eigenvalue weighted by Gasteiger charge is -2.17. The number of methoxy groups -OCH3 is 3. The molecule has 4 heteroatoms. The maximum atomic E-state index is 5.32. The van der Waals surface area contributed by atoms with Crippen LogP contribution in [0.25, 0.3) is 0 Å². The molecule has 1 N–H and O–H groups in total. The molecule has 0 atom stereocenters. The normalized spacial score (nSPS) is 10.1. The molecule has 0 bridgehead atoms. The number of rotatable bonds is 5. The second-order valence-corrected chi connectivity index (χ2v) is 3.71. The molecule has 0 spiro atoms. The molecule has 0 aliphatic heterocycles. The van der Waals surface area contributed by atoms with Gasteiger partial charge in [0.15, 0.2) is 11.5 Å². The van der Waals surface area contributed by atoms with E-state index in [4.69, 9.17) is 14.2 Å². The second kappa shape index (κ2) is 5.49. The van der Waals surface area contributed by atoms with Crippen LogP contribution in [0.15, 0.2) is 12.1 Å². The first-order valence-corrected chi connectivity index (χ1v) is 5.19. The van der Waals surface area contributed by atoms with Gasteiger partial charge < -0.3 is 19.5 Å². The van der Waals surface area contributed by atoms with Crippen molar-refractivity contribution in [3.05, 3.63) is 12.1 Å². The van der Waals surface area contributed by atoms with E-state index in [0.29, 0.717) is 17.5 Å². The van der Waals surface area contributed by atoms with Gasteiger partial charge in [0.05, 0.1) is 27.0 Å². The van der Waals surface area contributed by atoms with Gasteiger partial charge >= 0.3 is 0 Å². The molecule has 0 fully saturated rings. The van der Waals surface area contributed by atoms with Crippen LogP contribution in [-0.2, 0) is 0 Å². The fraction of sp³-hybridized carbons (Fsp3) is 0.500. The van der Waals surface area contributed by atoms with Crippen molar-refractivity contribution in [3.8, 4) is 17.2 Å². The van der Waals surface area contributed by atoms with Crippen LogP contribution in [-0.4, -0.2) is 27.4 Å². The van der Waals surface area contributed by atoms with Crippen molar-refractivity contribution in [1.82, 2.24) is 0 Å². The molecule has 0 aliphatic rings. The second-order valence-electron chi connectivity index (χ2n) is 3.71. The minimum atomic E-state index is 0.311. The lowest BCUT2D eigenvalue weighted by molar-refractivity contribution is 0.350. The SMILES string of the molecule is COc1cc(NC(C)C)c(OC)c(OC)c1. The summed E-state index contributed by atoms with van der Waals surface area (Å²) in [7, 11) is 4.85. The van der Waals surface area contributed by atoms with Gasteiger partial charge in [-0.05, 0) is 13.8 Å². The van der Waals surface area contributed by atoms with Crippen molar-refractivity contribution in [2.75, 3.05) is 26.6 Å². The van der Waals surface area contributed by atoms with Crippen molar-refractivity contribution >= 4 is 5.69 Å². The summed E-state index contributed by atoms with van der Waals surface area (Å²) >= 11 is 0. The highest BCUT2D eigenvalue weighted by Gasteiger charge is 2.13. The van der Waals surface area contributed by atoms with Gasteiger partial charge in [-0.25, -0.2) is 0 Å². The van der Waals surface area contributed by atoms with E-state index in [-0.39, 0.29) is 0 Å². The van der Waals surface area contributed by atoms with E-state index in [1.807, 2.05) is 6.07 Å². The molecule has 0 saturated carbocycles. The first-order valence-electron chi connectivity index (χ1n) is 5.19. The first kappa shape index (κ1) is 12.5. The molecular formula is C12H19NO3. The molecule has 90 valence electrons. The lowest BCUT2D eigenvalue weighted by Crippen LogP contribution is -2.11. The van der Waals surface area contributed by atoms with E-state index < -0.39 is 0 Å². The van der Waals surface area contributed by atoms with Gasteiger partial charge in [0, 0.05) is 18.2 Å². The molecular weight excluding hydrogens is 206 g/mol. The predicted molar refractivity (Wildman–Crippen MR) is 64.9 cm³/mol. The molecule has 1 aromatic carbocycles. The molecule has 0 unspecified atom stereocenters. The number of ether oxygens (including phenoxy) is 3. The van der Waals surface area contributed by atoms with Crippen LogP contribution in [0.4, 0.5) is 5.69 Å². The van der Waals surface area contributed by atoms with E-state index in [0.717, 1.165) is 11.4 Å². The molecule has 1 rings (SSSR count). The molecule has 0 amide bonds. The zero-order valence-corrected chi connectivity index (χ0v) is 10.5. The summed E-state index contributed by atoms with van der Waals surface area (Å²) < 4.78 is 15.8. The van der Waals surface area contributed by atoms with Crippen LogP contribution < -0.4 is 19.5 Å². The summed E-state index contributed by atoms with van der Waals surface area (Å²) in [5, 5.41) is 3.29. The summed E-state index contributed by atoms with van der Waals surface area (Å²) in [5.41, 5.74) is 0.869. The molecule has 1 aromatic rings. The third kappa shape index (κ3) is 2.72. The van der Waals surface area contributed by atoms with Crippen LogP contribution in [0.5, 0.6) is 17.2 Å². The Labute approximate surface area is 96.5 Å².